The van der Waals surface area contributed by atoms with Gasteiger partial charge in [0.1, 0.15) is 0 Å². The predicted octanol–water partition coefficient (Wildman–Crippen LogP) is 2.32. The molecule has 9 nitrogen and oxygen atoms in total. The molecule has 2 aromatic rings. The average Bonchev–Trinajstić information content (AvgIpc) is 2.88. The molecule has 0 spiro atoms. The van der Waals surface area contributed by atoms with Gasteiger partial charge in [-0.05, 0) is 33.3 Å². The Morgan fingerprint density at radius 2 is 2.00 bits per heavy atom. The van der Waals surface area contributed by atoms with Gasteiger partial charge in [0.2, 0.25) is 5.78 Å². The van der Waals surface area contributed by atoms with Gasteiger partial charge in [0.15, 0.2) is 0 Å². The van der Waals surface area contributed by atoms with Gasteiger partial charge < -0.3 is 9.72 Å². The zero-order chi connectivity index (χ0) is 19.6. The van der Waals surface area contributed by atoms with Gasteiger partial charge in [-0.2, -0.15) is 0 Å². The number of esters is 1. The van der Waals surface area contributed by atoms with Crippen molar-refractivity contribution in [1.29, 1.82) is 0 Å². The number of aromatic amines is 1. The first-order chi connectivity index (χ1) is 12.2. The van der Waals surface area contributed by atoms with Crippen molar-refractivity contribution >= 4 is 17.4 Å². The van der Waals surface area contributed by atoms with E-state index in [2.05, 4.69) is 4.98 Å². The lowest BCUT2D eigenvalue weighted by Gasteiger charge is -2.13. The molecular formula is C17H19N3O6. The van der Waals surface area contributed by atoms with Gasteiger partial charge in [-0.25, -0.2) is 4.79 Å². The number of carbonyl (C=O) groups excluding carboxylic acids is 2. The highest BCUT2D eigenvalue weighted by atomic mass is 16.6. The van der Waals surface area contributed by atoms with Crippen molar-refractivity contribution in [2.24, 2.45) is 0 Å². The van der Waals surface area contributed by atoms with Crippen molar-refractivity contribution in [2.75, 3.05) is 6.61 Å². The summed E-state index contributed by atoms with van der Waals surface area (Å²) in [6.07, 6.45) is 1.03. The summed E-state index contributed by atoms with van der Waals surface area (Å²) in [6.45, 7) is 6.59. The Morgan fingerprint density at radius 1 is 1.35 bits per heavy atom. The van der Waals surface area contributed by atoms with Crippen LogP contribution in [0.3, 0.4) is 0 Å². The van der Waals surface area contributed by atoms with E-state index in [-0.39, 0.29) is 23.6 Å². The monoisotopic (exact) mass is 361 g/mol. The Kier molecular flexibility index (Phi) is 5.39. The maximum Gasteiger partial charge on any atom is 0.340 e. The van der Waals surface area contributed by atoms with Crippen LogP contribution in [0.1, 0.15) is 52.0 Å². The fraction of sp³-hybridized carbons (Fsp3) is 0.353. The number of nitrogens with one attached hydrogen (secondary N) is 1. The van der Waals surface area contributed by atoms with Crippen molar-refractivity contribution in [1.82, 2.24) is 9.55 Å². The molecule has 0 radical (unpaired) electrons. The molecule has 0 aliphatic rings. The summed E-state index contributed by atoms with van der Waals surface area (Å²) in [5.41, 5.74) is 0.489. The van der Waals surface area contributed by atoms with E-state index in [1.165, 1.54) is 6.92 Å². The van der Waals surface area contributed by atoms with Crippen LogP contribution >= 0.6 is 0 Å². The Labute approximate surface area is 148 Å². The number of nitrogens with zero attached hydrogens (tertiary/aromatic N) is 2. The number of pyridine rings is 1. The summed E-state index contributed by atoms with van der Waals surface area (Å²) >= 11 is 0. The number of nitro groups is 1. The maximum atomic E-state index is 12.8. The number of rotatable bonds is 6. The van der Waals surface area contributed by atoms with Crippen molar-refractivity contribution in [3.05, 3.63) is 61.3 Å². The second-order valence-electron chi connectivity index (χ2n) is 5.78. The van der Waals surface area contributed by atoms with E-state index in [1.54, 1.807) is 20.8 Å². The second kappa shape index (κ2) is 7.34. The minimum absolute atomic E-state index is 0.163. The highest BCUT2D eigenvalue weighted by Gasteiger charge is 2.27. The quantitative estimate of drug-likeness (QED) is 0.364. The number of H-pyrrole nitrogens is 1. The van der Waals surface area contributed by atoms with Crippen LogP contribution in [0.15, 0.2) is 23.1 Å². The van der Waals surface area contributed by atoms with Gasteiger partial charge >= 0.3 is 5.97 Å². The smallest absolute Gasteiger partial charge is 0.340 e. The van der Waals surface area contributed by atoms with E-state index in [4.69, 9.17) is 4.74 Å². The molecule has 2 rings (SSSR count). The van der Waals surface area contributed by atoms with Gasteiger partial charge in [-0.15, -0.1) is 0 Å². The van der Waals surface area contributed by atoms with E-state index in [0.717, 1.165) is 22.9 Å². The van der Waals surface area contributed by atoms with Crippen molar-refractivity contribution in [3.8, 4) is 0 Å². The first-order valence-electron chi connectivity index (χ1n) is 7.96. The van der Waals surface area contributed by atoms with Gasteiger partial charge in [0.25, 0.3) is 11.2 Å². The van der Waals surface area contributed by atoms with Gasteiger partial charge in [0, 0.05) is 17.8 Å². The Bertz CT molecular complexity index is 940. The molecule has 0 amide bonds. The van der Waals surface area contributed by atoms with E-state index < -0.39 is 28.3 Å². The van der Waals surface area contributed by atoms with E-state index in [1.807, 2.05) is 0 Å². The minimum atomic E-state index is -0.991. The predicted molar refractivity (Wildman–Crippen MR) is 92.6 cm³/mol. The lowest BCUT2D eigenvalue weighted by Crippen LogP contribution is -2.28. The summed E-state index contributed by atoms with van der Waals surface area (Å²) < 4.78 is 5.99. The van der Waals surface area contributed by atoms with Crippen LogP contribution in [0.4, 0.5) is 5.69 Å². The van der Waals surface area contributed by atoms with E-state index >= 15 is 0 Å². The molecule has 9 heteroatoms. The molecule has 0 bridgehead atoms. The topological polar surface area (TPSA) is 124 Å². The highest BCUT2D eigenvalue weighted by molar-refractivity contribution is 6.03. The molecule has 0 fully saturated rings. The van der Waals surface area contributed by atoms with Crippen LogP contribution in [0, 0.1) is 24.0 Å². The number of carbonyl (C=O) groups is 2. The summed E-state index contributed by atoms with van der Waals surface area (Å²) in [5.74, 6) is -1.01. The fourth-order valence-corrected chi connectivity index (χ4v) is 2.74. The van der Waals surface area contributed by atoms with Crippen molar-refractivity contribution < 1.29 is 19.2 Å². The number of hydrogen-bond acceptors (Lipinski definition) is 6. The Balaban J connectivity index is 2.46. The van der Waals surface area contributed by atoms with E-state index in [9.17, 15) is 24.5 Å². The SMILES string of the molecule is CCOC(=O)c1c(C)[nH]c(C(=O)[C@@H](C)n2cc([N+](=O)[O-])ccc2=O)c1C. The Hall–Kier alpha value is -3.23. The molecule has 0 unspecified atom stereocenters. The molecule has 2 heterocycles. The number of hydrogen-bond donors (Lipinski definition) is 1. The number of Topliss-reactive ketones (excluding diaryl/α,β-unsaturated/α-hetero) is 1. The standard InChI is InChI=1S/C17H19N3O6/c1-5-26-17(23)14-9(2)15(18-10(14)3)16(22)11(4)19-8-12(20(24)25)6-7-13(19)21/h6-8,11,18H,5H2,1-4H3/t11-/m1/s1. The Morgan fingerprint density at radius 3 is 2.58 bits per heavy atom. The fourth-order valence-electron chi connectivity index (χ4n) is 2.74. The zero-order valence-corrected chi connectivity index (χ0v) is 14.9. The molecule has 0 aromatic carbocycles. The average molecular weight is 361 g/mol. The van der Waals surface area contributed by atoms with Gasteiger partial charge in [-0.1, -0.05) is 0 Å². The van der Waals surface area contributed by atoms with Crippen LogP contribution < -0.4 is 5.56 Å². The van der Waals surface area contributed by atoms with Gasteiger partial charge in [-0.3, -0.25) is 24.3 Å². The highest BCUT2D eigenvalue weighted by Crippen LogP contribution is 2.23. The zero-order valence-electron chi connectivity index (χ0n) is 14.9. The molecular weight excluding hydrogens is 342 g/mol. The van der Waals surface area contributed by atoms with E-state index in [0.29, 0.717) is 11.3 Å². The third kappa shape index (κ3) is 3.41. The first kappa shape index (κ1) is 19.1. The lowest BCUT2D eigenvalue weighted by atomic mass is 10.0. The summed E-state index contributed by atoms with van der Waals surface area (Å²) in [6, 6.07) is 1.13. The molecule has 0 saturated heterocycles. The van der Waals surface area contributed by atoms with Crippen LogP contribution in [-0.4, -0.2) is 32.8 Å². The molecule has 0 saturated carbocycles. The summed E-state index contributed by atoms with van der Waals surface area (Å²) in [7, 11) is 0. The second-order valence-corrected chi connectivity index (χ2v) is 5.78. The third-order valence-corrected chi connectivity index (χ3v) is 4.09. The maximum absolute atomic E-state index is 12.8. The van der Waals surface area contributed by atoms with Gasteiger partial charge in [0.05, 0.1) is 35.0 Å². The van der Waals surface area contributed by atoms with Crippen molar-refractivity contribution in [2.45, 2.75) is 33.7 Å². The molecule has 1 atom stereocenters. The van der Waals surface area contributed by atoms with Crippen LogP contribution in [0.25, 0.3) is 0 Å². The molecule has 138 valence electrons. The van der Waals surface area contributed by atoms with Crippen molar-refractivity contribution in [3.63, 3.8) is 0 Å². The van der Waals surface area contributed by atoms with Crippen LogP contribution in [0.2, 0.25) is 0 Å². The summed E-state index contributed by atoms with van der Waals surface area (Å²) in [5, 5.41) is 10.9. The number of aromatic nitrogens is 2. The normalized spacial score (nSPS) is 11.8. The molecule has 0 aliphatic heterocycles. The largest absolute Gasteiger partial charge is 0.462 e. The minimum Gasteiger partial charge on any atom is -0.462 e. The lowest BCUT2D eigenvalue weighted by molar-refractivity contribution is -0.385. The van der Waals surface area contributed by atoms with Crippen LogP contribution in [0.5, 0.6) is 0 Å². The summed E-state index contributed by atoms with van der Waals surface area (Å²) in [4.78, 5) is 50.0. The number of ketones is 1. The molecule has 1 N–H and O–H groups in total. The molecule has 2 aromatic heterocycles. The van der Waals surface area contributed by atoms with Crippen LogP contribution in [-0.2, 0) is 4.74 Å². The number of ether oxygens (including phenoxy) is 1. The molecule has 0 aliphatic carbocycles. The first-order valence-corrected chi connectivity index (χ1v) is 7.96. The third-order valence-electron chi connectivity index (χ3n) is 4.09. The molecule has 26 heavy (non-hydrogen) atoms. The number of aryl methyl sites for hydroxylation is 1.